The summed E-state index contributed by atoms with van der Waals surface area (Å²) in [7, 11) is -4.16. The molecule has 2 aromatic carbocycles. The van der Waals surface area contributed by atoms with Crippen molar-refractivity contribution in [1.82, 2.24) is 4.98 Å². The first-order valence-corrected chi connectivity index (χ1v) is 11.3. The van der Waals surface area contributed by atoms with Crippen molar-refractivity contribution in [3.8, 4) is 0 Å². The molecule has 9 heteroatoms. The van der Waals surface area contributed by atoms with Crippen LogP contribution >= 0.6 is 23.2 Å². The van der Waals surface area contributed by atoms with Gasteiger partial charge in [0, 0.05) is 26.6 Å². The van der Waals surface area contributed by atoms with Gasteiger partial charge in [-0.2, -0.15) is 0 Å². The lowest BCUT2D eigenvalue weighted by atomic mass is 10.2. The molecule has 160 valence electrons. The monoisotopic (exact) mass is 468 g/mol. The SMILES string of the molecule is Cc1cc2cc(N(CC(=O)OC(C)(C)C)S(=O)(=O)c3cc(Cl)cc(Cl)c3)ccc2[nH]1. The van der Waals surface area contributed by atoms with E-state index in [1.165, 1.54) is 18.2 Å². The molecule has 3 aromatic rings. The summed E-state index contributed by atoms with van der Waals surface area (Å²) < 4.78 is 33.3. The van der Waals surface area contributed by atoms with E-state index in [1.54, 1.807) is 39.0 Å². The standard InChI is InChI=1S/C21H22Cl2N2O4S/c1-13-7-14-8-17(5-6-19(14)24-13)25(12-20(26)29-21(2,3)4)30(27,28)18-10-15(22)9-16(23)11-18/h5-11,24H,12H2,1-4H3. The van der Waals surface area contributed by atoms with E-state index in [4.69, 9.17) is 27.9 Å². The Morgan fingerprint density at radius 2 is 1.70 bits per heavy atom. The summed E-state index contributed by atoms with van der Waals surface area (Å²) in [6.45, 7) is 6.56. The van der Waals surface area contributed by atoms with Crippen molar-refractivity contribution < 1.29 is 17.9 Å². The van der Waals surface area contributed by atoms with Crippen LogP contribution in [0, 0.1) is 6.92 Å². The van der Waals surface area contributed by atoms with E-state index in [-0.39, 0.29) is 14.9 Å². The smallest absolute Gasteiger partial charge is 0.327 e. The van der Waals surface area contributed by atoms with Gasteiger partial charge in [-0.05, 0) is 70.2 Å². The van der Waals surface area contributed by atoms with Crippen molar-refractivity contribution >= 4 is 55.8 Å². The fraction of sp³-hybridized carbons (Fsp3) is 0.286. The van der Waals surface area contributed by atoms with Crippen molar-refractivity contribution in [2.75, 3.05) is 10.8 Å². The predicted octanol–water partition coefficient (Wildman–Crippen LogP) is 5.32. The van der Waals surface area contributed by atoms with Gasteiger partial charge in [0.05, 0.1) is 10.6 Å². The number of fused-ring (bicyclic) bond motifs is 1. The van der Waals surface area contributed by atoms with E-state index in [2.05, 4.69) is 4.98 Å². The Balaban J connectivity index is 2.11. The van der Waals surface area contributed by atoms with Crippen LogP contribution in [0.5, 0.6) is 0 Å². The summed E-state index contributed by atoms with van der Waals surface area (Å²) in [6.07, 6.45) is 0. The maximum absolute atomic E-state index is 13.5. The third-order valence-corrected chi connectivity index (χ3v) is 6.33. The number of hydrogen-bond donors (Lipinski definition) is 1. The zero-order valence-electron chi connectivity index (χ0n) is 17.0. The van der Waals surface area contributed by atoms with Gasteiger partial charge in [-0.1, -0.05) is 23.2 Å². The minimum atomic E-state index is -4.16. The summed E-state index contributed by atoms with van der Waals surface area (Å²) in [5.41, 5.74) is 1.36. The molecular weight excluding hydrogens is 447 g/mol. The van der Waals surface area contributed by atoms with Crippen molar-refractivity contribution in [1.29, 1.82) is 0 Å². The second-order valence-corrected chi connectivity index (χ2v) is 10.7. The largest absolute Gasteiger partial charge is 0.459 e. The molecule has 0 amide bonds. The van der Waals surface area contributed by atoms with Crippen LogP contribution in [0.3, 0.4) is 0 Å². The van der Waals surface area contributed by atoms with Gasteiger partial charge in [0.1, 0.15) is 12.1 Å². The van der Waals surface area contributed by atoms with Gasteiger partial charge in [-0.15, -0.1) is 0 Å². The van der Waals surface area contributed by atoms with Crippen LogP contribution in [-0.2, 0) is 19.6 Å². The van der Waals surface area contributed by atoms with E-state index in [1.807, 2.05) is 13.0 Å². The number of nitrogens with zero attached hydrogens (tertiary/aromatic N) is 1. The third-order valence-electron chi connectivity index (χ3n) is 4.14. The number of hydrogen-bond acceptors (Lipinski definition) is 4. The number of benzene rings is 2. The molecule has 0 radical (unpaired) electrons. The maximum atomic E-state index is 13.5. The second kappa shape index (κ2) is 8.13. The van der Waals surface area contributed by atoms with E-state index in [0.717, 1.165) is 20.9 Å². The Kier molecular flexibility index (Phi) is 6.09. The number of H-pyrrole nitrogens is 1. The molecular formula is C21H22Cl2N2O4S. The Morgan fingerprint density at radius 3 is 2.30 bits per heavy atom. The lowest BCUT2D eigenvalue weighted by Gasteiger charge is -2.26. The van der Waals surface area contributed by atoms with Gasteiger partial charge in [0.2, 0.25) is 0 Å². The summed E-state index contributed by atoms with van der Waals surface area (Å²) in [5, 5.41) is 1.17. The van der Waals surface area contributed by atoms with Gasteiger partial charge in [0.15, 0.2) is 0 Å². The van der Waals surface area contributed by atoms with Crippen molar-refractivity contribution in [2.45, 2.75) is 38.2 Å². The zero-order chi connectivity index (χ0) is 22.3. The average Bonchev–Trinajstić information content (AvgIpc) is 2.96. The number of aromatic nitrogens is 1. The molecule has 0 bridgehead atoms. The summed E-state index contributed by atoms with van der Waals surface area (Å²) in [5.74, 6) is -0.676. The molecule has 0 unspecified atom stereocenters. The molecule has 0 spiro atoms. The molecule has 0 aliphatic carbocycles. The lowest BCUT2D eigenvalue weighted by molar-refractivity contribution is -0.152. The van der Waals surface area contributed by atoms with Crippen LogP contribution in [0.15, 0.2) is 47.4 Å². The van der Waals surface area contributed by atoms with Crippen LogP contribution in [0.25, 0.3) is 10.9 Å². The van der Waals surface area contributed by atoms with Crippen molar-refractivity contribution in [3.63, 3.8) is 0 Å². The summed E-state index contributed by atoms with van der Waals surface area (Å²) >= 11 is 12.0. The topological polar surface area (TPSA) is 79.5 Å². The van der Waals surface area contributed by atoms with Gasteiger partial charge in [-0.3, -0.25) is 9.10 Å². The Hall–Kier alpha value is -2.22. The normalized spacial score (nSPS) is 12.2. The molecule has 30 heavy (non-hydrogen) atoms. The number of anilines is 1. The number of halogens is 2. The van der Waals surface area contributed by atoms with E-state index < -0.39 is 28.1 Å². The highest BCUT2D eigenvalue weighted by molar-refractivity contribution is 7.92. The number of aryl methyl sites for hydroxylation is 1. The van der Waals surface area contributed by atoms with Crippen molar-refractivity contribution in [3.05, 3.63) is 58.2 Å². The predicted molar refractivity (Wildman–Crippen MR) is 120 cm³/mol. The fourth-order valence-electron chi connectivity index (χ4n) is 3.03. The molecule has 0 atom stereocenters. The number of sulfonamides is 1. The number of carbonyl (C=O) groups excluding carboxylic acids is 1. The minimum Gasteiger partial charge on any atom is -0.459 e. The third kappa shape index (κ3) is 5.09. The number of aromatic amines is 1. The summed E-state index contributed by atoms with van der Waals surface area (Å²) in [6, 6.07) is 11.0. The van der Waals surface area contributed by atoms with E-state index in [9.17, 15) is 13.2 Å². The first-order chi connectivity index (χ1) is 13.8. The average molecular weight is 469 g/mol. The van der Waals surface area contributed by atoms with Gasteiger partial charge in [0.25, 0.3) is 10.0 Å². The van der Waals surface area contributed by atoms with Gasteiger partial charge in [-0.25, -0.2) is 8.42 Å². The van der Waals surface area contributed by atoms with Gasteiger partial charge < -0.3 is 9.72 Å². The lowest BCUT2D eigenvalue weighted by Crippen LogP contribution is -2.39. The maximum Gasteiger partial charge on any atom is 0.327 e. The van der Waals surface area contributed by atoms with Gasteiger partial charge >= 0.3 is 5.97 Å². The molecule has 3 rings (SSSR count). The molecule has 1 N–H and O–H groups in total. The Labute approximate surface area is 185 Å². The molecule has 1 aromatic heterocycles. The number of nitrogens with one attached hydrogen (secondary N) is 1. The first kappa shape index (κ1) is 22.5. The second-order valence-electron chi connectivity index (χ2n) is 7.93. The van der Waals surface area contributed by atoms with Crippen LogP contribution in [0.2, 0.25) is 10.0 Å². The highest BCUT2D eigenvalue weighted by atomic mass is 35.5. The number of rotatable bonds is 5. The molecule has 0 aliphatic rings. The molecule has 0 fully saturated rings. The molecule has 1 heterocycles. The van der Waals surface area contributed by atoms with E-state index >= 15 is 0 Å². The molecule has 6 nitrogen and oxygen atoms in total. The van der Waals surface area contributed by atoms with Crippen LogP contribution < -0.4 is 4.31 Å². The Bertz CT molecular complexity index is 1190. The van der Waals surface area contributed by atoms with E-state index in [0.29, 0.717) is 5.69 Å². The molecule has 0 aliphatic heterocycles. The van der Waals surface area contributed by atoms with Crippen LogP contribution in [-0.4, -0.2) is 31.5 Å². The minimum absolute atomic E-state index is 0.117. The quantitative estimate of drug-likeness (QED) is 0.513. The van der Waals surface area contributed by atoms with Crippen molar-refractivity contribution in [2.24, 2.45) is 0 Å². The van der Waals surface area contributed by atoms with Crippen LogP contribution in [0.4, 0.5) is 5.69 Å². The summed E-state index contributed by atoms with van der Waals surface area (Å²) in [4.78, 5) is 15.6. The Morgan fingerprint density at radius 1 is 1.07 bits per heavy atom. The highest BCUT2D eigenvalue weighted by Crippen LogP contribution is 2.30. The molecule has 0 saturated carbocycles. The zero-order valence-corrected chi connectivity index (χ0v) is 19.3. The first-order valence-electron chi connectivity index (χ1n) is 9.15. The number of ether oxygens (including phenoxy) is 1. The molecule has 0 saturated heterocycles. The highest BCUT2D eigenvalue weighted by Gasteiger charge is 2.30. The van der Waals surface area contributed by atoms with Crippen LogP contribution in [0.1, 0.15) is 26.5 Å². The number of carbonyl (C=O) groups is 1. The number of esters is 1. The fourth-order valence-corrected chi connectivity index (χ4v) is 5.16.